The zero-order valence-corrected chi connectivity index (χ0v) is 20.7. The van der Waals surface area contributed by atoms with Crippen LogP contribution in [0.2, 0.25) is 0 Å². The molecule has 0 heterocycles. The van der Waals surface area contributed by atoms with Gasteiger partial charge in [0.05, 0.1) is 16.7 Å². The van der Waals surface area contributed by atoms with Gasteiger partial charge in [0.2, 0.25) is 0 Å². The molecule has 4 aromatic carbocycles. The van der Waals surface area contributed by atoms with Crippen molar-refractivity contribution in [3.63, 3.8) is 0 Å². The number of nitro benzene ring substituents is 1. The van der Waals surface area contributed by atoms with Crippen molar-refractivity contribution in [3.05, 3.63) is 135 Å². The molecule has 2 amide bonds. The molecule has 10 heteroatoms. The first-order valence-electron chi connectivity index (χ1n) is 11.7. The van der Waals surface area contributed by atoms with Gasteiger partial charge in [0.25, 0.3) is 17.5 Å². The number of carbonyl (C=O) groups excluding carboxylic acids is 3. The smallest absolute Gasteiger partial charge is 0.343 e. The molecular formula is C29H22N4O6. The number of carbonyl (C=O) groups is 3. The summed E-state index contributed by atoms with van der Waals surface area (Å²) in [5.74, 6) is -1.34. The monoisotopic (exact) mass is 522 g/mol. The number of hydrogen-bond acceptors (Lipinski definition) is 7. The summed E-state index contributed by atoms with van der Waals surface area (Å²) in [6.07, 6.45) is 1.32. The highest BCUT2D eigenvalue weighted by molar-refractivity contribution is 6.05. The van der Waals surface area contributed by atoms with Gasteiger partial charge < -0.3 is 10.1 Å². The van der Waals surface area contributed by atoms with Crippen molar-refractivity contribution in [3.8, 4) is 5.75 Å². The molecular weight excluding hydrogens is 500 g/mol. The molecule has 2 N–H and O–H groups in total. The first-order valence-corrected chi connectivity index (χ1v) is 11.7. The predicted molar refractivity (Wildman–Crippen MR) is 145 cm³/mol. The van der Waals surface area contributed by atoms with Crippen LogP contribution in [-0.4, -0.2) is 28.9 Å². The van der Waals surface area contributed by atoms with E-state index in [9.17, 15) is 24.5 Å². The van der Waals surface area contributed by atoms with Crippen LogP contribution < -0.4 is 15.5 Å². The molecule has 194 valence electrons. The largest absolute Gasteiger partial charge is 0.422 e. The first-order chi connectivity index (χ1) is 18.8. The molecule has 39 heavy (non-hydrogen) atoms. The minimum atomic E-state index is -0.709. The third-order valence-corrected chi connectivity index (χ3v) is 5.47. The van der Waals surface area contributed by atoms with Gasteiger partial charge in [-0.3, -0.25) is 19.7 Å². The summed E-state index contributed by atoms with van der Waals surface area (Å²) in [5, 5.41) is 17.5. The van der Waals surface area contributed by atoms with Gasteiger partial charge in [-0.05, 0) is 61.5 Å². The topological polar surface area (TPSA) is 140 Å². The molecule has 0 saturated carbocycles. The number of hydrazone groups is 1. The Balaban J connectivity index is 1.39. The number of aryl methyl sites for hydroxylation is 1. The SMILES string of the molecule is Cc1cccc(C(=O)Nc2cccc(C(=O)NN=Cc3ccccc3OC(=O)c3ccc([N+](=O)[O-])cc3)c2)c1. The molecule has 4 aromatic rings. The number of hydrogen-bond donors (Lipinski definition) is 2. The number of nitrogens with one attached hydrogen (secondary N) is 2. The molecule has 0 atom stereocenters. The normalized spacial score (nSPS) is 10.6. The lowest BCUT2D eigenvalue weighted by atomic mass is 10.1. The molecule has 0 aliphatic rings. The first kappa shape index (κ1) is 26.4. The number of nitrogens with zero attached hydrogens (tertiary/aromatic N) is 2. The number of anilines is 1. The van der Waals surface area contributed by atoms with Crippen LogP contribution in [0.4, 0.5) is 11.4 Å². The quantitative estimate of drug-likeness (QED) is 0.108. The van der Waals surface area contributed by atoms with Gasteiger partial charge in [-0.2, -0.15) is 5.10 Å². The maximum absolute atomic E-state index is 12.6. The fraction of sp³-hybridized carbons (Fsp3) is 0.0345. The summed E-state index contributed by atoms with van der Waals surface area (Å²) in [6.45, 7) is 1.89. The molecule has 0 saturated heterocycles. The van der Waals surface area contributed by atoms with Crippen LogP contribution in [0, 0.1) is 17.0 Å². The highest BCUT2D eigenvalue weighted by atomic mass is 16.6. The van der Waals surface area contributed by atoms with E-state index in [1.165, 1.54) is 36.5 Å². The fourth-order valence-corrected chi connectivity index (χ4v) is 3.51. The van der Waals surface area contributed by atoms with E-state index in [2.05, 4.69) is 15.8 Å². The summed E-state index contributed by atoms with van der Waals surface area (Å²) in [6, 6.07) is 25.1. The maximum atomic E-state index is 12.6. The second-order valence-corrected chi connectivity index (χ2v) is 8.33. The van der Waals surface area contributed by atoms with Crippen molar-refractivity contribution in [2.45, 2.75) is 6.92 Å². The van der Waals surface area contributed by atoms with Gasteiger partial charge in [0, 0.05) is 34.5 Å². The standard InChI is InChI=1S/C29H22N4O6/c1-19-6-4-8-21(16-19)27(34)31-24-10-5-9-22(17-24)28(35)32-30-18-23-7-2-3-11-26(23)39-29(36)20-12-14-25(15-13-20)33(37)38/h2-18H,1H3,(H,31,34)(H,32,35). The number of non-ortho nitro benzene ring substituents is 1. The molecule has 4 rings (SSSR count). The molecule has 0 aromatic heterocycles. The lowest BCUT2D eigenvalue weighted by Crippen LogP contribution is -2.18. The van der Waals surface area contributed by atoms with Crippen LogP contribution >= 0.6 is 0 Å². The van der Waals surface area contributed by atoms with E-state index < -0.39 is 16.8 Å². The number of benzene rings is 4. The van der Waals surface area contributed by atoms with Crippen molar-refractivity contribution in [2.75, 3.05) is 5.32 Å². The molecule has 0 aliphatic carbocycles. The second kappa shape index (κ2) is 12.1. The second-order valence-electron chi connectivity index (χ2n) is 8.33. The van der Waals surface area contributed by atoms with Gasteiger partial charge in [-0.25, -0.2) is 10.2 Å². The number of amides is 2. The van der Waals surface area contributed by atoms with Gasteiger partial charge >= 0.3 is 5.97 Å². The van der Waals surface area contributed by atoms with E-state index >= 15 is 0 Å². The van der Waals surface area contributed by atoms with Gasteiger partial charge in [0.15, 0.2) is 0 Å². The highest BCUT2D eigenvalue weighted by Crippen LogP contribution is 2.19. The fourth-order valence-electron chi connectivity index (χ4n) is 3.51. The molecule has 0 radical (unpaired) electrons. The summed E-state index contributed by atoms with van der Waals surface area (Å²) < 4.78 is 5.42. The number of nitro groups is 1. The Morgan fingerprint density at radius 2 is 1.51 bits per heavy atom. The number of para-hydroxylation sites is 1. The van der Waals surface area contributed by atoms with Gasteiger partial charge in [-0.15, -0.1) is 0 Å². The van der Waals surface area contributed by atoms with Crippen molar-refractivity contribution in [1.29, 1.82) is 0 Å². The molecule has 0 spiro atoms. The van der Waals surface area contributed by atoms with Gasteiger partial charge in [-0.1, -0.05) is 35.9 Å². The average molecular weight is 523 g/mol. The van der Waals surface area contributed by atoms with E-state index in [1.807, 2.05) is 13.0 Å². The van der Waals surface area contributed by atoms with Crippen LogP contribution in [0.25, 0.3) is 0 Å². The van der Waals surface area contributed by atoms with E-state index in [-0.39, 0.29) is 28.5 Å². The van der Waals surface area contributed by atoms with E-state index in [0.29, 0.717) is 16.8 Å². The Morgan fingerprint density at radius 1 is 0.821 bits per heavy atom. The lowest BCUT2D eigenvalue weighted by Gasteiger charge is -2.08. The minimum Gasteiger partial charge on any atom is -0.422 e. The zero-order chi connectivity index (χ0) is 27.8. The van der Waals surface area contributed by atoms with Gasteiger partial charge in [0.1, 0.15) is 5.75 Å². The van der Waals surface area contributed by atoms with Crippen molar-refractivity contribution >= 4 is 35.4 Å². The Labute approximate surface area is 223 Å². The summed E-state index contributed by atoms with van der Waals surface area (Å²) in [7, 11) is 0. The minimum absolute atomic E-state index is 0.134. The molecule has 10 nitrogen and oxygen atoms in total. The molecule has 0 fully saturated rings. The summed E-state index contributed by atoms with van der Waals surface area (Å²) in [5.41, 5.74) is 4.98. The van der Waals surface area contributed by atoms with E-state index in [4.69, 9.17) is 4.74 Å². The van der Waals surface area contributed by atoms with E-state index in [1.54, 1.807) is 60.7 Å². The zero-order valence-electron chi connectivity index (χ0n) is 20.7. The predicted octanol–water partition coefficient (Wildman–Crippen LogP) is 5.14. The number of esters is 1. The van der Waals surface area contributed by atoms with Crippen LogP contribution in [0.5, 0.6) is 5.75 Å². The van der Waals surface area contributed by atoms with Crippen LogP contribution in [0.15, 0.2) is 102 Å². The maximum Gasteiger partial charge on any atom is 0.343 e. The van der Waals surface area contributed by atoms with Crippen LogP contribution in [0.1, 0.15) is 42.2 Å². The Morgan fingerprint density at radius 3 is 2.23 bits per heavy atom. The average Bonchev–Trinajstić information content (AvgIpc) is 2.94. The van der Waals surface area contributed by atoms with Crippen molar-refractivity contribution in [2.24, 2.45) is 5.10 Å². The van der Waals surface area contributed by atoms with Crippen molar-refractivity contribution in [1.82, 2.24) is 5.43 Å². The Hall–Kier alpha value is -5.64. The number of rotatable bonds is 8. The summed E-state index contributed by atoms with van der Waals surface area (Å²) in [4.78, 5) is 47.9. The van der Waals surface area contributed by atoms with Crippen LogP contribution in [0.3, 0.4) is 0 Å². The number of ether oxygens (including phenoxy) is 1. The Bertz CT molecular complexity index is 1580. The highest BCUT2D eigenvalue weighted by Gasteiger charge is 2.14. The third kappa shape index (κ3) is 6.98. The molecule has 0 aliphatic heterocycles. The molecule has 0 bridgehead atoms. The lowest BCUT2D eigenvalue weighted by molar-refractivity contribution is -0.384. The van der Waals surface area contributed by atoms with Crippen molar-refractivity contribution < 1.29 is 24.0 Å². The van der Waals surface area contributed by atoms with Crippen LogP contribution in [-0.2, 0) is 0 Å². The molecule has 0 unspecified atom stereocenters. The Kier molecular flexibility index (Phi) is 8.17. The van der Waals surface area contributed by atoms with E-state index in [0.717, 1.165) is 5.56 Å². The third-order valence-electron chi connectivity index (χ3n) is 5.47. The summed E-state index contributed by atoms with van der Waals surface area (Å²) >= 11 is 0.